The van der Waals surface area contributed by atoms with Crippen LogP contribution in [0.2, 0.25) is 0 Å². The lowest BCUT2D eigenvalue weighted by molar-refractivity contribution is -0.123. The third-order valence-corrected chi connectivity index (χ3v) is 3.22. The molecule has 1 aromatic carbocycles. The predicted octanol–water partition coefficient (Wildman–Crippen LogP) is 1.42. The Kier molecular flexibility index (Phi) is 3.20. The number of hydrogen-bond donors (Lipinski definition) is 2. The number of carbonyl (C=O) groups excluding carboxylic acids is 2. The van der Waals surface area contributed by atoms with Crippen molar-refractivity contribution in [3.05, 3.63) is 36.9 Å². The van der Waals surface area contributed by atoms with E-state index in [1.54, 1.807) is 18.3 Å². The molecule has 1 aliphatic heterocycles. The van der Waals surface area contributed by atoms with Gasteiger partial charge in [0.15, 0.2) is 12.2 Å². The Bertz CT molecular complexity index is 620. The zero-order chi connectivity index (χ0) is 13.9. The summed E-state index contributed by atoms with van der Waals surface area (Å²) in [6.07, 6.45) is 3.25. The minimum atomic E-state index is -0.295. The molecule has 0 unspecified atom stereocenters. The Morgan fingerprint density at radius 2 is 2.15 bits per heavy atom. The van der Waals surface area contributed by atoms with Gasteiger partial charge in [0.2, 0.25) is 11.8 Å². The van der Waals surface area contributed by atoms with Gasteiger partial charge in [0.25, 0.3) is 0 Å². The number of rotatable bonds is 3. The second kappa shape index (κ2) is 5.16. The normalized spacial score (nSPS) is 17.8. The summed E-state index contributed by atoms with van der Waals surface area (Å²) in [5.74, 6) is 0.159. The summed E-state index contributed by atoms with van der Waals surface area (Å²) in [5, 5.41) is 5.44. The molecule has 1 saturated heterocycles. The van der Waals surface area contributed by atoms with Crippen LogP contribution in [0.25, 0.3) is 11.3 Å². The second-order valence-corrected chi connectivity index (χ2v) is 4.64. The number of hydrogen-bond acceptors (Lipinski definition) is 4. The molecule has 2 aromatic rings. The van der Waals surface area contributed by atoms with Gasteiger partial charge in [0.1, 0.15) is 0 Å². The molecule has 20 heavy (non-hydrogen) atoms. The summed E-state index contributed by atoms with van der Waals surface area (Å²) in [7, 11) is 0. The molecule has 6 heteroatoms. The molecule has 2 N–H and O–H groups in total. The number of carbonyl (C=O) groups is 2. The quantitative estimate of drug-likeness (QED) is 0.884. The Morgan fingerprint density at radius 1 is 1.35 bits per heavy atom. The summed E-state index contributed by atoms with van der Waals surface area (Å²) in [4.78, 5) is 26.9. The van der Waals surface area contributed by atoms with Crippen LogP contribution in [-0.4, -0.2) is 23.3 Å². The first kappa shape index (κ1) is 12.4. The van der Waals surface area contributed by atoms with Gasteiger partial charge in [0, 0.05) is 24.2 Å². The molecular weight excluding hydrogens is 258 g/mol. The Balaban J connectivity index is 1.66. The highest BCUT2D eigenvalue weighted by Crippen LogP contribution is 2.21. The maximum atomic E-state index is 11.9. The fraction of sp³-hybridized carbons (Fsp3) is 0.214. The fourth-order valence-corrected chi connectivity index (χ4v) is 2.11. The van der Waals surface area contributed by atoms with Gasteiger partial charge < -0.3 is 15.1 Å². The van der Waals surface area contributed by atoms with E-state index in [-0.39, 0.29) is 24.2 Å². The standard InChI is InChI=1S/C14H13N3O3/c18-13-5-10(6-16-13)14(19)17-11-3-1-9(2-4-11)12-7-15-8-20-12/h1-4,7-8,10H,5-6H2,(H,16,18)(H,17,19)/t10-/m1/s1. The number of nitrogens with zero attached hydrogens (tertiary/aromatic N) is 1. The van der Waals surface area contributed by atoms with Crippen LogP contribution in [0.1, 0.15) is 6.42 Å². The summed E-state index contributed by atoms with van der Waals surface area (Å²) < 4.78 is 5.19. The largest absolute Gasteiger partial charge is 0.444 e. The Hall–Kier alpha value is -2.63. The summed E-state index contributed by atoms with van der Waals surface area (Å²) >= 11 is 0. The van der Waals surface area contributed by atoms with Gasteiger partial charge in [0.05, 0.1) is 12.1 Å². The van der Waals surface area contributed by atoms with Crippen LogP contribution < -0.4 is 10.6 Å². The van der Waals surface area contributed by atoms with E-state index in [9.17, 15) is 9.59 Å². The molecular formula is C14H13N3O3. The summed E-state index contributed by atoms with van der Waals surface area (Å²) in [6.45, 7) is 0.404. The van der Waals surface area contributed by atoms with Crippen molar-refractivity contribution in [2.45, 2.75) is 6.42 Å². The van der Waals surface area contributed by atoms with Crippen molar-refractivity contribution in [2.24, 2.45) is 5.92 Å². The zero-order valence-corrected chi connectivity index (χ0v) is 10.6. The van der Waals surface area contributed by atoms with Crippen LogP contribution >= 0.6 is 0 Å². The van der Waals surface area contributed by atoms with E-state index in [2.05, 4.69) is 15.6 Å². The van der Waals surface area contributed by atoms with Crippen molar-refractivity contribution in [1.82, 2.24) is 10.3 Å². The average molecular weight is 271 g/mol. The number of amides is 2. The molecule has 1 aliphatic rings. The Morgan fingerprint density at radius 3 is 2.75 bits per heavy atom. The van der Waals surface area contributed by atoms with Crippen LogP contribution in [0, 0.1) is 5.92 Å². The van der Waals surface area contributed by atoms with Gasteiger partial charge in [-0.05, 0) is 24.3 Å². The minimum absolute atomic E-state index is 0.0779. The lowest BCUT2D eigenvalue weighted by Crippen LogP contribution is -2.24. The van der Waals surface area contributed by atoms with E-state index in [1.807, 2.05) is 12.1 Å². The second-order valence-electron chi connectivity index (χ2n) is 4.64. The monoisotopic (exact) mass is 271 g/mol. The van der Waals surface area contributed by atoms with Gasteiger partial charge in [-0.1, -0.05) is 0 Å². The van der Waals surface area contributed by atoms with E-state index >= 15 is 0 Å². The molecule has 1 fully saturated rings. The third kappa shape index (κ3) is 2.54. The van der Waals surface area contributed by atoms with Crippen molar-refractivity contribution in [3.63, 3.8) is 0 Å². The maximum Gasteiger partial charge on any atom is 0.229 e. The van der Waals surface area contributed by atoms with E-state index in [0.717, 1.165) is 5.56 Å². The average Bonchev–Trinajstić information content (AvgIpc) is 3.10. The lowest BCUT2D eigenvalue weighted by Gasteiger charge is -2.09. The molecule has 2 heterocycles. The van der Waals surface area contributed by atoms with Crippen molar-refractivity contribution in [3.8, 4) is 11.3 Å². The topological polar surface area (TPSA) is 84.2 Å². The molecule has 0 saturated carbocycles. The van der Waals surface area contributed by atoms with E-state index in [0.29, 0.717) is 18.0 Å². The SMILES string of the molecule is O=C1C[C@@H](C(=O)Nc2ccc(-c3cnco3)cc2)CN1. The zero-order valence-electron chi connectivity index (χ0n) is 10.6. The number of benzene rings is 1. The first-order valence-electron chi connectivity index (χ1n) is 6.29. The smallest absolute Gasteiger partial charge is 0.229 e. The minimum Gasteiger partial charge on any atom is -0.444 e. The highest BCUT2D eigenvalue weighted by Gasteiger charge is 2.27. The number of nitrogens with one attached hydrogen (secondary N) is 2. The molecule has 2 amide bonds. The first-order valence-corrected chi connectivity index (χ1v) is 6.29. The molecule has 6 nitrogen and oxygen atoms in total. The molecule has 0 radical (unpaired) electrons. The van der Waals surface area contributed by atoms with E-state index < -0.39 is 0 Å². The lowest BCUT2D eigenvalue weighted by atomic mass is 10.1. The van der Waals surface area contributed by atoms with E-state index in [4.69, 9.17) is 4.42 Å². The molecule has 0 bridgehead atoms. The van der Waals surface area contributed by atoms with Crippen molar-refractivity contribution in [2.75, 3.05) is 11.9 Å². The highest BCUT2D eigenvalue weighted by molar-refractivity contribution is 5.97. The van der Waals surface area contributed by atoms with Crippen LogP contribution in [0.4, 0.5) is 5.69 Å². The van der Waals surface area contributed by atoms with Crippen LogP contribution in [0.15, 0.2) is 41.3 Å². The van der Waals surface area contributed by atoms with Gasteiger partial charge >= 0.3 is 0 Å². The highest BCUT2D eigenvalue weighted by atomic mass is 16.3. The third-order valence-electron chi connectivity index (χ3n) is 3.22. The van der Waals surface area contributed by atoms with Gasteiger partial charge in [-0.2, -0.15) is 0 Å². The fourth-order valence-electron chi connectivity index (χ4n) is 2.11. The molecule has 1 aromatic heterocycles. The maximum absolute atomic E-state index is 11.9. The number of anilines is 1. The molecule has 0 spiro atoms. The van der Waals surface area contributed by atoms with Crippen LogP contribution in [-0.2, 0) is 9.59 Å². The van der Waals surface area contributed by atoms with E-state index in [1.165, 1.54) is 6.39 Å². The first-order chi connectivity index (χ1) is 9.72. The molecule has 102 valence electrons. The van der Waals surface area contributed by atoms with Crippen molar-refractivity contribution >= 4 is 17.5 Å². The van der Waals surface area contributed by atoms with Crippen molar-refractivity contribution < 1.29 is 14.0 Å². The molecule has 1 atom stereocenters. The summed E-state index contributed by atoms with van der Waals surface area (Å²) in [6, 6.07) is 7.27. The molecule has 3 rings (SSSR count). The van der Waals surface area contributed by atoms with Crippen molar-refractivity contribution in [1.29, 1.82) is 0 Å². The van der Waals surface area contributed by atoms with Crippen LogP contribution in [0.5, 0.6) is 0 Å². The van der Waals surface area contributed by atoms with Gasteiger partial charge in [-0.3, -0.25) is 9.59 Å². The van der Waals surface area contributed by atoms with Crippen LogP contribution in [0.3, 0.4) is 0 Å². The summed E-state index contributed by atoms with van der Waals surface area (Å²) in [5.41, 5.74) is 1.58. The number of aromatic nitrogens is 1. The van der Waals surface area contributed by atoms with Gasteiger partial charge in [-0.15, -0.1) is 0 Å². The van der Waals surface area contributed by atoms with Gasteiger partial charge in [-0.25, -0.2) is 4.98 Å². The predicted molar refractivity (Wildman–Crippen MR) is 71.7 cm³/mol. The molecule has 0 aliphatic carbocycles. The Labute approximate surface area is 115 Å². The number of oxazole rings is 1.